The monoisotopic (exact) mass is 345 g/mol. The van der Waals surface area contributed by atoms with E-state index in [1.165, 1.54) is 43.3 Å². The number of carbonyl (C=O) groups excluding carboxylic acids is 2. The van der Waals surface area contributed by atoms with Crippen LogP contribution in [0.1, 0.15) is 30.6 Å². The maximum absolute atomic E-state index is 12.9. The molecule has 1 atom stereocenters. The molecule has 0 spiro atoms. The van der Waals surface area contributed by atoms with Crippen LogP contribution in [0.2, 0.25) is 0 Å². The summed E-state index contributed by atoms with van der Waals surface area (Å²) in [5, 5.41) is 2.67. The van der Waals surface area contributed by atoms with Crippen molar-refractivity contribution < 1.29 is 23.5 Å². The van der Waals surface area contributed by atoms with Gasteiger partial charge in [0.25, 0.3) is 5.91 Å². The van der Waals surface area contributed by atoms with Crippen LogP contribution in [0.15, 0.2) is 48.5 Å². The molecule has 0 aliphatic rings. The van der Waals surface area contributed by atoms with Crippen molar-refractivity contribution in [1.82, 2.24) is 5.32 Å². The van der Waals surface area contributed by atoms with Crippen LogP contribution in [0, 0.1) is 5.82 Å². The number of carbonyl (C=O) groups is 2. The lowest BCUT2D eigenvalue weighted by Crippen LogP contribution is -2.36. The number of rotatable bonds is 7. The molecule has 0 fully saturated rings. The van der Waals surface area contributed by atoms with Gasteiger partial charge in [0.15, 0.2) is 6.10 Å². The lowest BCUT2D eigenvalue weighted by molar-refractivity contribution is -0.129. The van der Waals surface area contributed by atoms with E-state index in [1.54, 1.807) is 12.1 Å². The molecular weight excluding hydrogens is 325 g/mol. The van der Waals surface area contributed by atoms with E-state index in [2.05, 4.69) is 5.32 Å². The van der Waals surface area contributed by atoms with E-state index < -0.39 is 12.1 Å². The smallest absolute Gasteiger partial charge is 0.338 e. The molecule has 0 aliphatic carbocycles. The number of amides is 1. The van der Waals surface area contributed by atoms with E-state index in [-0.39, 0.29) is 11.7 Å². The number of hydrogen-bond acceptors (Lipinski definition) is 4. The van der Waals surface area contributed by atoms with Crippen LogP contribution in [-0.2, 0) is 9.53 Å². The highest BCUT2D eigenvalue weighted by molar-refractivity contribution is 5.92. The topological polar surface area (TPSA) is 64.6 Å². The van der Waals surface area contributed by atoms with Crippen LogP contribution in [-0.4, -0.2) is 24.5 Å². The molecule has 0 saturated heterocycles. The average molecular weight is 345 g/mol. The summed E-state index contributed by atoms with van der Waals surface area (Å²) < 4.78 is 23.5. The van der Waals surface area contributed by atoms with Gasteiger partial charge in [0.2, 0.25) is 0 Å². The summed E-state index contributed by atoms with van der Waals surface area (Å²) >= 11 is 0. The molecule has 0 radical (unpaired) electrons. The lowest BCUT2D eigenvalue weighted by atomic mass is 10.2. The first kappa shape index (κ1) is 18.4. The van der Waals surface area contributed by atoms with Gasteiger partial charge in [0.1, 0.15) is 17.3 Å². The molecule has 5 nitrogen and oxygen atoms in total. The molecule has 0 unspecified atom stereocenters. The number of esters is 1. The normalized spacial score (nSPS) is 11.5. The molecule has 0 aromatic heterocycles. The van der Waals surface area contributed by atoms with E-state index in [9.17, 15) is 14.0 Å². The van der Waals surface area contributed by atoms with Gasteiger partial charge in [-0.1, -0.05) is 6.92 Å². The Balaban J connectivity index is 1.93. The van der Waals surface area contributed by atoms with Crippen LogP contribution in [0.25, 0.3) is 0 Å². The standard InChI is InChI=1S/C19H20FNO4/c1-3-12-21-18(22)13(2)24-19(23)14-4-8-16(9-5-14)25-17-10-6-15(20)7-11-17/h4-11,13H,3,12H2,1-2H3,(H,21,22)/t13-/m0/s1. The zero-order valence-electron chi connectivity index (χ0n) is 14.1. The first-order valence-electron chi connectivity index (χ1n) is 8.01. The van der Waals surface area contributed by atoms with Crippen molar-refractivity contribution in [3.05, 3.63) is 59.9 Å². The molecule has 0 aliphatic heterocycles. The van der Waals surface area contributed by atoms with Crippen molar-refractivity contribution in [3.63, 3.8) is 0 Å². The third kappa shape index (κ3) is 5.60. The Morgan fingerprint density at radius 2 is 1.60 bits per heavy atom. The highest BCUT2D eigenvalue weighted by Gasteiger charge is 2.18. The van der Waals surface area contributed by atoms with Gasteiger partial charge in [-0.2, -0.15) is 0 Å². The Kier molecular flexibility index (Phi) is 6.51. The van der Waals surface area contributed by atoms with Gasteiger partial charge in [-0.05, 0) is 61.9 Å². The third-order valence-corrected chi connectivity index (χ3v) is 3.34. The summed E-state index contributed by atoms with van der Waals surface area (Å²) in [7, 11) is 0. The summed E-state index contributed by atoms with van der Waals surface area (Å²) in [6.45, 7) is 4.00. The highest BCUT2D eigenvalue weighted by Crippen LogP contribution is 2.22. The molecule has 0 heterocycles. The van der Waals surface area contributed by atoms with Gasteiger partial charge in [-0.3, -0.25) is 4.79 Å². The first-order chi connectivity index (χ1) is 12.0. The van der Waals surface area contributed by atoms with Crippen molar-refractivity contribution in [2.24, 2.45) is 0 Å². The maximum Gasteiger partial charge on any atom is 0.338 e. The van der Waals surface area contributed by atoms with E-state index >= 15 is 0 Å². The zero-order valence-corrected chi connectivity index (χ0v) is 14.1. The van der Waals surface area contributed by atoms with E-state index in [1.807, 2.05) is 6.92 Å². The average Bonchev–Trinajstić information content (AvgIpc) is 2.62. The maximum atomic E-state index is 12.9. The predicted octanol–water partition coefficient (Wildman–Crippen LogP) is 3.69. The Hall–Kier alpha value is -2.89. The Morgan fingerprint density at radius 1 is 1.04 bits per heavy atom. The lowest BCUT2D eigenvalue weighted by Gasteiger charge is -2.13. The van der Waals surface area contributed by atoms with Crippen LogP contribution < -0.4 is 10.1 Å². The Morgan fingerprint density at radius 3 is 2.16 bits per heavy atom. The molecule has 0 bridgehead atoms. The van der Waals surface area contributed by atoms with Crippen molar-refractivity contribution in [2.45, 2.75) is 26.4 Å². The molecule has 1 amide bonds. The fourth-order valence-electron chi connectivity index (χ4n) is 1.97. The van der Waals surface area contributed by atoms with Gasteiger partial charge >= 0.3 is 5.97 Å². The Bertz CT molecular complexity index is 713. The molecule has 6 heteroatoms. The summed E-state index contributed by atoms with van der Waals surface area (Å²) in [6.07, 6.45) is -0.0590. The number of hydrogen-bond donors (Lipinski definition) is 1. The summed E-state index contributed by atoms with van der Waals surface area (Å²) in [5.74, 6) is -0.281. The molecule has 132 valence electrons. The Labute approximate surface area is 145 Å². The number of ether oxygens (including phenoxy) is 2. The van der Waals surface area contributed by atoms with E-state index in [4.69, 9.17) is 9.47 Å². The number of benzene rings is 2. The van der Waals surface area contributed by atoms with Crippen LogP contribution in [0.5, 0.6) is 11.5 Å². The molecule has 2 aromatic carbocycles. The summed E-state index contributed by atoms with van der Waals surface area (Å²) in [4.78, 5) is 23.8. The summed E-state index contributed by atoms with van der Waals surface area (Å²) in [6, 6.07) is 11.9. The van der Waals surface area contributed by atoms with Crippen molar-refractivity contribution >= 4 is 11.9 Å². The van der Waals surface area contributed by atoms with Crippen LogP contribution in [0.4, 0.5) is 4.39 Å². The fraction of sp³-hybridized carbons (Fsp3) is 0.263. The second-order valence-electron chi connectivity index (χ2n) is 5.42. The quantitative estimate of drug-likeness (QED) is 0.777. The predicted molar refractivity (Wildman–Crippen MR) is 91.1 cm³/mol. The number of halogens is 1. The van der Waals surface area contributed by atoms with E-state index in [0.29, 0.717) is 23.6 Å². The van der Waals surface area contributed by atoms with E-state index in [0.717, 1.165) is 6.42 Å². The second-order valence-corrected chi connectivity index (χ2v) is 5.42. The molecule has 1 N–H and O–H groups in total. The molecule has 0 saturated carbocycles. The van der Waals surface area contributed by atoms with Gasteiger partial charge in [-0.25, -0.2) is 9.18 Å². The molecular formula is C19H20FNO4. The van der Waals surface area contributed by atoms with Crippen molar-refractivity contribution in [2.75, 3.05) is 6.54 Å². The largest absolute Gasteiger partial charge is 0.457 e. The van der Waals surface area contributed by atoms with Gasteiger partial charge < -0.3 is 14.8 Å². The second kappa shape index (κ2) is 8.82. The van der Waals surface area contributed by atoms with Crippen molar-refractivity contribution in [1.29, 1.82) is 0 Å². The minimum absolute atomic E-state index is 0.307. The SMILES string of the molecule is CCCNC(=O)[C@H](C)OC(=O)c1ccc(Oc2ccc(F)cc2)cc1. The first-order valence-corrected chi connectivity index (χ1v) is 8.01. The molecule has 25 heavy (non-hydrogen) atoms. The van der Waals surface area contributed by atoms with Gasteiger partial charge in [0, 0.05) is 6.54 Å². The van der Waals surface area contributed by atoms with Gasteiger partial charge in [0.05, 0.1) is 5.56 Å². The number of nitrogens with one attached hydrogen (secondary N) is 1. The van der Waals surface area contributed by atoms with Crippen molar-refractivity contribution in [3.8, 4) is 11.5 Å². The minimum Gasteiger partial charge on any atom is -0.457 e. The minimum atomic E-state index is -0.866. The van der Waals surface area contributed by atoms with Crippen LogP contribution >= 0.6 is 0 Å². The highest BCUT2D eigenvalue weighted by atomic mass is 19.1. The summed E-state index contributed by atoms with van der Waals surface area (Å²) in [5.41, 5.74) is 0.307. The van der Waals surface area contributed by atoms with Crippen LogP contribution in [0.3, 0.4) is 0 Å². The third-order valence-electron chi connectivity index (χ3n) is 3.34. The zero-order chi connectivity index (χ0) is 18.2. The molecule has 2 rings (SSSR count). The fourth-order valence-corrected chi connectivity index (χ4v) is 1.97. The van der Waals surface area contributed by atoms with Gasteiger partial charge in [-0.15, -0.1) is 0 Å². The molecule has 2 aromatic rings.